The maximum atomic E-state index is 12.0. The number of amides is 1. The molecule has 2 rings (SSSR count). The summed E-state index contributed by atoms with van der Waals surface area (Å²) in [4.78, 5) is 26.5. The average molecular weight is 356 g/mol. The van der Waals surface area contributed by atoms with Gasteiger partial charge in [0.05, 0.1) is 11.4 Å². The van der Waals surface area contributed by atoms with Crippen LogP contribution in [-0.4, -0.2) is 42.2 Å². The third-order valence-corrected chi connectivity index (χ3v) is 5.28. The third-order valence-electron chi connectivity index (χ3n) is 3.77. The Labute approximate surface area is 146 Å². The number of piperidine rings is 1. The number of carbonyl (C=O) groups is 2. The predicted molar refractivity (Wildman–Crippen MR) is 92.7 cm³/mol. The van der Waals surface area contributed by atoms with Gasteiger partial charge >= 0.3 is 5.97 Å². The number of esters is 1. The molecule has 1 heterocycles. The van der Waals surface area contributed by atoms with Gasteiger partial charge < -0.3 is 9.64 Å². The minimum atomic E-state index is -0.344. The Hall–Kier alpha value is -1.20. The fraction of sp³-hybridized carbons (Fsp3) is 0.529. The van der Waals surface area contributed by atoms with E-state index in [-0.39, 0.29) is 24.9 Å². The van der Waals surface area contributed by atoms with E-state index in [0.717, 1.165) is 30.8 Å². The molecule has 1 aromatic carbocycles. The highest BCUT2D eigenvalue weighted by molar-refractivity contribution is 7.99. The molecule has 1 fully saturated rings. The number of nitrogens with zero attached hydrogens (tertiary/aromatic N) is 1. The smallest absolute Gasteiger partial charge is 0.307 e. The summed E-state index contributed by atoms with van der Waals surface area (Å²) < 4.78 is 5.08. The largest absolute Gasteiger partial charge is 0.456 e. The summed E-state index contributed by atoms with van der Waals surface area (Å²) in [6.07, 6.45) is 2.44. The molecule has 1 aliphatic rings. The summed E-state index contributed by atoms with van der Waals surface area (Å²) in [5.41, 5.74) is 0. The molecular formula is C17H22ClNO3S. The summed E-state index contributed by atoms with van der Waals surface area (Å²) in [7, 11) is 0. The first-order chi connectivity index (χ1) is 11.1. The van der Waals surface area contributed by atoms with Gasteiger partial charge in [-0.05, 0) is 30.9 Å². The van der Waals surface area contributed by atoms with E-state index < -0.39 is 0 Å². The van der Waals surface area contributed by atoms with Crippen molar-refractivity contribution in [3.05, 3.63) is 29.3 Å². The Morgan fingerprint density at radius 3 is 2.91 bits per heavy atom. The van der Waals surface area contributed by atoms with Crippen LogP contribution in [0.2, 0.25) is 5.02 Å². The quantitative estimate of drug-likeness (QED) is 0.577. The molecule has 0 N–H and O–H groups in total. The van der Waals surface area contributed by atoms with Crippen molar-refractivity contribution in [1.29, 1.82) is 0 Å². The van der Waals surface area contributed by atoms with Crippen LogP contribution in [0.15, 0.2) is 29.2 Å². The molecule has 0 aliphatic carbocycles. The summed E-state index contributed by atoms with van der Waals surface area (Å²) in [5.74, 6) is 0.666. The van der Waals surface area contributed by atoms with Gasteiger partial charge in [0.15, 0.2) is 6.61 Å². The van der Waals surface area contributed by atoms with Crippen LogP contribution in [0.4, 0.5) is 0 Å². The van der Waals surface area contributed by atoms with E-state index in [2.05, 4.69) is 6.92 Å². The Morgan fingerprint density at radius 2 is 2.17 bits per heavy atom. The topological polar surface area (TPSA) is 46.6 Å². The molecule has 126 valence electrons. The normalized spacial score (nSPS) is 17.8. The number of likely N-dealkylation sites (tertiary alicyclic amines) is 1. The molecule has 1 amide bonds. The average Bonchev–Trinajstić information content (AvgIpc) is 2.54. The number of hydrogen-bond donors (Lipinski definition) is 0. The monoisotopic (exact) mass is 355 g/mol. The first-order valence-corrected chi connectivity index (χ1v) is 9.23. The van der Waals surface area contributed by atoms with Crippen LogP contribution in [0.3, 0.4) is 0 Å². The number of carbonyl (C=O) groups excluding carboxylic acids is 2. The Balaban J connectivity index is 1.65. The van der Waals surface area contributed by atoms with E-state index in [4.69, 9.17) is 16.3 Å². The fourth-order valence-corrected chi connectivity index (χ4v) is 3.70. The Kier molecular flexibility index (Phi) is 7.24. The zero-order valence-electron chi connectivity index (χ0n) is 13.3. The fourth-order valence-electron chi connectivity index (χ4n) is 2.53. The molecule has 0 bridgehead atoms. The van der Waals surface area contributed by atoms with Crippen molar-refractivity contribution in [3.8, 4) is 0 Å². The van der Waals surface area contributed by atoms with Gasteiger partial charge in [0, 0.05) is 23.7 Å². The number of hydrogen-bond acceptors (Lipinski definition) is 4. The molecule has 23 heavy (non-hydrogen) atoms. The van der Waals surface area contributed by atoms with Crippen LogP contribution in [0.1, 0.15) is 26.2 Å². The molecule has 0 aromatic heterocycles. The lowest BCUT2D eigenvalue weighted by Crippen LogP contribution is -2.41. The molecule has 6 heteroatoms. The lowest BCUT2D eigenvalue weighted by molar-refractivity contribution is -0.152. The third kappa shape index (κ3) is 6.07. The summed E-state index contributed by atoms with van der Waals surface area (Å²) in [6.45, 7) is 3.52. The van der Waals surface area contributed by atoms with Gasteiger partial charge in [-0.15, -0.1) is 11.8 Å². The summed E-state index contributed by atoms with van der Waals surface area (Å²) in [6, 6.07) is 7.51. The summed E-state index contributed by atoms with van der Waals surface area (Å²) >= 11 is 7.56. The van der Waals surface area contributed by atoms with Gasteiger partial charge in [-0.25, -0.2) is 0 Å². The zero-order chi connectivity index (χ0) is 16.7. The van der Waals surface area contributed by atoms with Crippen LogP contribution in [0.25, 0.3) is 0 Å². The van der Waals surface area contributed by atoms with Crippen LogP contribution in [0, 0.1) is 5.92 Å². The van der Waals surface area contributed by atoms with Crippen LogP contribution in [-0.2, 0) is 14.3 Å². The van der Waals surface area contributed by atoms with Crippen molar-refractivity contribution in [3.63, 3.8) is 0 Å². The van der Waals surface area contributed by atoms with Crippen LogP contribution in [0.5, 0.6) is 0 Å². The highest BCUT2D eigenvalue weighted by Gasteiger charge is 2.21. The van der Waals surface area contributed by atoms with Crippen LogP contribution < -0.4 is 0 Å². The van der Waals surface area contributed by atoms with E-state index in [9.17, 15) is 9.59 Å². The van der Waals surface area contributed by atoms with Crippen molar-refractivity contribution in [2.24, 2.45) is 5.92 Å². The van der Waals surface area contributed by atoms with Crippen LogP contribution >= 0.6 is 23.4 Å². The van der Waals surface area contributed by atoms with E-state index in [1.54, 1.807) is 4.90 Å². The number of benzene rings is 1. The maximum Gasteiger partial charge on any atom is 0.307 e. The minimum Gasteiger partial charge on any atom is -0.456 e. The molecule has 1 unspecified atom stereocenters. The van der Waals surface area contributed by atoms with Crippen molar-refractivity contribution >= 4 is 35.2 Å². The number of rotatable bonds is 6. The van der Waals surface area contributed by atoms with Gasteiger partial charge in [0.1, 0.15) is 0 Å². The highest BCUT2D eigenvalue weighted by atomic mass is 35.5. The standard InChI is InChI=1S/C17H22ClNO3S/c1-13-5-4-9-19(11-13)16(20)12-22-17(21)8-10-23-15-7-3-2-6-14(15)18/h2-3,6-7,13H,4-5,8-12H2,1H3. The first kappa shape index (κ1) is 18.1. The number of thioether (sulfide) groups is 1. The van der Waals surface area contributed by atoms with Gasteiger partial charge in [0.25, 0.3) is 5.91 Å². The Morgan fingerprint density at radius 1 is 1.39 bits per heavy atom. The maximum absolute atomic E-state index is 12.0. The second-order valence-electron chi connectivity index (χ2n) is 5.78. The van der Waals surface area contributed by atoms with Gasteiger partial charge in [-0.1, -0.05) is 30.7 Å². The van der Waals surface area contributed by atoms with E-state index >= 15 is 0 Å². The van der Waals surface area contributed by atoms with Crippen molar-refractivity contribution in [2.45, 2.75) is 31.1 Å². The van der Waals surface area contributed by atoms with E-state index in [1.165, 1.54) is 11.8 Å². The van der Waals surface area contributed by atoms with E-state index in [0.29, 0.717) is 16.7 Å². The SMILES string of the molecule is CC1CCCN(C(=O)COC(=O)CCSc2ccccc2Cl)C1. The van der Waals surface area contributed by atoms with Crippen molar-refractivity contribution in [1.82, 2.24) is 4.90 Å². The molecule has 4 nitrogen and oxygen atoms in total. The molecule has 1 aliphatic heterocycles. The molecule has 1 atom stereocenters. The van der Waals surface area contributed by atoms with Gasteiger partial charge in [-0.3, -0.25) is 9.59 Å². The Bertz CT molecular complexity index is 552. The number of ether oxygens (including phenoxy) is 1. The van der Waals surface area contributed by atoms with E-state index in [1.807, 2.05) is 24.3 Å². The summed E-state index contributed by atoms with van der Waals surface area (Å²) in [5, 5.41) is 0.681. The zero-order valence-corrected chi connectivity index (χ0v) is 14.9. The molecule has 1 aromatic rings. The lowest BCUT2D eigenvalue weighted by atomic mass is 10.0. The van der Waals surface area contributed by atoms with Gasteiger partial charge in [-0.2, -0.15) is 0 Å². The van der Waals surface area contributed by atoms with Crippen molar-refractivity contribution < 1.29 is 14.3 Å². The van der Waals surface area contributed by atoms with Gasteiger partial charge in [0.2, 0.25) is 0 Å². The molecule has 1 saturated heterocycles. The second kappa shape index (κ2) is 9.18. The molecule has 0 radical (unpaired) electrons. The molecular weight excluding hydrogens is 334 g/mol. The predicted octanol–water partition coefficient (Wildman–Crippen LogP) is 3.62. The molecule has 0 saturated carbocycles. The molecule has 0 spiro atoms. The first-order valence-electron chi connectivity index (χ1n) is 7.87. The lowest BCUT2D eigenvalue weighted by Gasteiger charge is -2.30. The minimum absolute atomic E-state index is 0.0938. The highest BCUT2D eigenvalue weighted by Crippen LogP contribution is 2.26. The number of halogens is 1. The second-order valence-corrected chi connectivity index (χ2v) is 7.32. The van der Waals surface area contributed by atoms with Crippen molar-refractivity contribution in [2.75, 3.05) is 25.4 Å².